The number of aryl methyl sites for hydroxylation is 1. The minimum Gasteiger partial charge on any atom is -0.338 e. The lowest BCUT2D eigenvalue weighted by Crippen LogP contribution is -2.32. The summed E-state index contributed by atoms with van der Waals surface area (Å²) in [6.45, 7) is 2.04. The van der Waals surface area contributed by atoms with E-state index in [0.717, 1.165) is 5.56 Å². The van der Waals surface area contributed by atoms with Gasteiger partial charge in [0.25, 0.3) is 15.9 Å². The van der Waals surface area contributed by atoms with E-state index in [9.17, 15) is 13.2 Å². The summed E-state index contributed by atoms with van der Waals surface area (Å²) in [5.41, 5.74) is 1.69. The average Bonchev–Trinajstić information content (AvgIpc) is 3.29. The van der Waals surface area contributed by atoms with E-state index in [0.29, 0.717) is 11.5 Å². The molecule has 1 unspecified atom stereocenters. The molecular weight excluding hydrogens is 448 g/mol. The maximum absolute atomic E-state index is 13.4. The molecule has 0 bridgehead atoms. The van der Waals surface area contributed by atoms with Crippen LogP contribution in [-0.4, -0.2) is 30.4 Å². The van der Waals surface area contributed by atoms with Crippen molar-refractivity contribution in [2.45, 2.75) is 17.9 Å². The summed E-state index contributed by atoms with van der Waals surface area (Å²) in [5.74, 6) is 0.279. The van der Waals surface area contributed by atoms with Gasteiger partial charge in [-0.05, 0) is 42.8 Å². The highest BCUT2D eigenvalue weighted by atomic mass is 32.2. The zero-order valence-electron chi connectivity index (χ0n) is 19.0. The number of hydrogen-bond donors (Lipinski definition) is 1. The largest absolute Gasteiger partial charge is 0.338 e. The molecule has 174 valence electrons. The number of amides is 1. The van der Waals surface area contributed by atoms with Crippen LogP contribution in [0.15, 0.2) is 102 Å². The van der Waals surface area contributed by atoms with Crippen molar-refractivity contribution in [1.82, 2.24) is 14.9 Å². The molecule has 0 fully saturated rings. The van der Waals surface area contributed by atoms with Crippen LogP contribution in [0.25, 0.3) is 0 Å². The number of carbonyl (C=O) groups is 1. The highest BCUT2D eigenvalue weighted by Gasteiger charge is 2.26. The summed E-state index contributed by atoms with van der Waals surface area (Å²) in [7, 11) is -1.99. The van der Waals surface area contributed by atoms with Crippen LogP contribution >= 0.6 is 0 Å². The number of nitrogens with zero attached hydrogens (tertiary/aromatic N) is 3. The third-order valence-electron chi connectivity index (χ3n) is 5.54. The minimum absolute atomic E-state index is 0.0547. The van der Waals surface area contributed by atoms with E-state index < -0.39 is 22.0 Å². The molecule has 4 rings (SSSR count). The molecule has 0 saturated heterocycles. The summed E-state index contributed by atoms with van der Waals surface area (Å²) in [5, 5.41) is 3.02. The number of imidazole rings is 1. The van der Waals surface area contributed by atoms with Crippen LogP contribution in [0.5, 0.6) is 0 Å². The van der Waals surface area contributed by atoms with Gasteiger partial charge in [-0.25, -0.2) is 13.4 Å². The number of benzene rings is 3. The SMILES string of the molecule is CCN(c1ccccc1)S(=O)(=O)c1cccc(C(=O)NC(c2ccccc2)c2nccn2C)c1. The molecule has 0 aliphatic heterocycles. The highest BCUT2D eigenvalue weighted by molar-refractivity contribution is 7.92. The smallest absolute Gasteiger partial charge is 0.264 e. The van der Waals surface area contributed by atoms with Crippen molar-refractivity contribution in [3.63, 3.8) is 0 Å². The lowest BCUT2D eigenvalue weighted by Gasteiger charge is -2.23. The van der Waals surface area contributed by atoms with Gasteiger partial charge in [-0.15, -0.1) is 0 Å². The number of nitrogens with one attached hydrogen (secondary N) is 1. The summed E-state index contributed by atoms with van der Waals surface area (Å²) in [6.07, 6.45) is 3.49. The lowest BCUT2D eigenvalue weighted by atomic mass is 10.1. The Morgan fingerprint density at radius 2 is 1.68 bits per heavy atom. The zero-order valence-corrected chi connectivity index (χ0v) is 19.8. The Hall–Kier alpha value is -3.91. The average molecular weight is 475 g/mol. The number of anilines is 1. The fourth-order valence-corrected chi connectivity index (χ4v) is 5.34. The summed E-state index contributed by atoms with van der Waals surface area (Å²) in [6, 6.07) is 24.0. The Morgan fingerprint density at radius 3 is 2.29 bits per heavy atom. The first-order valence-corrected chi connectivity index (χ1v) is 12.4. The summed E-state index contributed by atoms with van der Waals surface area (Å²) >= 11 is 0. The second kappa shape index (κ2) is 9.93. The molecule has 8 heteroatoms. The molecule has 0 aliphatic carbocycles. The van der Waals surface area contributed by atoms with Crippen molar-refractivity contribution < 1.29 is 13.2 Å². The predicted molar refractivity (Wildman–Crippen MR) is 132 cm³/mol. The second-order valence-electron chi connectivity index (χ2n) is 7.75. The molecule has 1 amide bonds. The number of para-hydroxylation sites is 1. The van der Waals surface area contributed by atoms with Crippen molar-refractivity contribution in [2.24, 2.45) is 7.05 Å². The van der Waals surface area contributed by atoms with Gasteiger partial charge in [0.05, 0.1) is 10.6 Å². The quantitative estimate of drug-likeness (QED) is 0.416. The summed E-state index contributed by atoms with van der Waals surface area (Å²) in [4.78, 5) is 17.7. The standard InChI is InChI=1S/C26H26N4O3S/c1-3-30(22-14-8-5-9-15-22)34(32,33)23-16-10-13-21(19-23)26(31)28-24(20-11-6-4-7-12-20)25-27-17-18-29(25)2/h4-19,24H,3H2,1-2H3,(H,28,31). The molecule has 1 N–H and O–H groups in total. The van der Waals surface area contributed by atoms with E-state index in [1.807, 2.05) is 54.2 Å². The van der Waals surface area contributed by atoms with Crippen LogP contribution in [0.4, 0.5) is 5.69 Å². The molecule has 0 spiro atoms. The van der Waals surface area contributed by atoms with Gasteiger partial charge < -0.3 is 9.88 Å². The van der Waals surface area contributed by atoms with E-state index in [2.05, 4.69) is 10.3 Å². The normalized spacial score (nSPS) is 12.2. The molecule has 7 nitrogen and oxygen atoms in total. The zero-order chi connectivity index (χ0) is 24.1. The van der Waals surface area contributed by atoms with Gasteiger partial charge >= 0.3 is 0 Å². The molecule has 0 saturated carbocycles. The van der Waals surface area contributed by atoms with E-state index in [1.165, 1.54) is 16.4 Å². The third-order valence-corrected chi connectivity index (χ3v) is 7.44. The first-order chi connectivity index (χ1) is 16.4. The van der Waals surface area contributed by atoms with Crippen molar-refractivity contribution >= 4 is 21.6 Å². The first-order valence-electron chi connectivity index (χ1n) is 10.9. The van der Waals surface area contributed by atoms with E-state index in [-0.39, 0.29) is 17.0 Å². The van der Waals surface area contributed by atoms with Crippen LogP contribution in [-0.2, 0) is 17.1 Å². The number of carbonyl (C=O) groups excluding carboxylic acids is 1. The minimum atomic E-state index is -3.85. The fraction of sp³-hybridized carbons (Fsp3) is 0.154. The van der Waals surface area contributed by atoms with Crippen LogP contribution in [0.3, 0.4) is 0 Å². The fourth-order valence-electron chi connectivity index (χ4n) is 3.82. The molecule has 1 heterocycles. The summed E-state index contributed by atoms with van der Waals surface area (Å²) < 4.78 is 30.0. The Bertz CT molecular complexity index is 1370. The number of hydrogen-bond acceptors (Lipinski definition) is 4. The van der Waals surface area contributed by atoms with Gasteiger partial charge in [0.2, 0.25) is 0 Å². The van der Waals surface area contributed by atoms with Gasteiger partial charge in [-0.2, -0.15) is 0 Å². The van der Waals surface area contributed by atoms with Crippen LogP contribution in [0.2, 0.25) is 0 Å². The maximum atomic E-state index is 13.4. The molecule has 34 heavy (non-hydrogen) atoms. The van der Waals surface area contributed by atoms with Crippen molar-refractivity contribution in [3.8, 4) is 0 Å². The Kier molecular flexibility index (Phi) is 6.79. The molecular formula is C26H26N4O3S. The number of sulfonamides is 1. The van der Waals surface area contributed by atoms with Crippen LogP contribution in [0.1, 0.15) is 34.7 Å². The molecule has 0 radical (unpaired) electrons. The lowest BCUT2D eigenvalue weighted by molar-refractivity contribution is 0.0941. The maximum Gasteiger partial charge on any atom is 0.264 e. The predicted octanol–water partition coefficient (Wildman–Crippen LogP) is 4.15. The monoisotopic (exact) mass is 474 g/mol. The highest BCUT2D eigenvalue weighted by Crippen LogP contribution is 2.25. The second-order valence-corrected chi connectivity index (χ2v) is 9.61. The molecule has 1 aromatic heterocycles. The molecule has 4 aromatic rings. The van der Waals surface area contributed by atoms with Crippen molar-refractivity contribution in [3.05, 3.63) is 114 Å². The van der Waals surface area contributed by atoms with Gasteiger partial charge in [0.1, 0.15) is 11.9 Å². The van der Waals surface area contributed by atoms with E-state index in [4.69, 9.17) is 0 Å². The Morgan fingerprint density at radius 1 is 1.00 bits per heavy atom. The number of aromatic nitrogens is 2. The third kappa shape index (κ3) is 4.72. The number of rotatable bonds is 8. The van der Waals surface area contributed by atoms with Crippen molar-refractivity contribution in [2.75, 3.05) is 10.8 Å². The molecule has 3 aromatic carbocycles. The molecule has 1 atom stereocenters. The van der Waals surface area contributed by atoms with Crippen LogP contribution < -0.4 is 9.62 Å². The van der Waals surface area contributed by atoms with Crippen LogP contribution in [0, 0.1) is 0 Å². The van der Waals surface area contributed by atoms with Gasteiger partial charge in [0.15, 0.2) is 0 Å². The topological polar surface area (TPSA) is 84.3 Å². The van der Waals surface area contributed by atoms with Gasteiger partial charge in [-0.1, -0.05) is 54.6 Å². The Balaban J connectivity index is 1.65. The van der Waals surface area contributed by atoms with E-state index in [1.54, 1.807) is 49.5 Å². The van der Waals surface area contributed by atoms with Gasteiger partial charge in [0, 0.05) is 31.5 Å². The molecule has 0 aliphatic rings. The van der Waals surface area contributed by atoms with Crippen molar-refractivity contribution in [1.29, 1.82) is 0 Å². The van der Waals surface area contributed by atoms with E-state index >= 15 is 0 Å². The Labute approximate surface area is 199 Å². The first kappa shape index (κ1) is 23.3. The van der Waals surface area contributed by atoms with Gasteiger partial charge in [-0.3, -0.25) is 9.10 Å².